The molecule has 72 valence electrons. The van der Waals surface area contributed by atoms with Gasteiger partial charge in [0, 0.05) is 9.72 Å². The van der Waals surface area contributed by atoms with Gasteiger partial charge in [-0.2, -0.15) is 0 Å². The number of benzene rings is 1. The van der Waals surface area contributed by atoms with Crippen LogP contribution in [-0.4, -0.2) is 5.25 Å². The molecular formula is C9H9BrClFS. The summed E-state index contributed by atoms with van der Waals surface area (Å²) in [5.74, 6) is -0.257. The van der Waals surface area contributed by atoms with E-state index in [1.807, 2.05) is 13.8 Å². The van der Waals surface area contributed by atoms with Gasteiger partial charge in [-0.3, -0.25) is 0 Å². The summed E-state index contributed by atoms with van der Waals surface area (Å²) in [5.41, 5.74) is 0. The highest BCUT2D eigenvalue weighted by Crippen LogP contribution is 2.37. The molecule has 0 N–H and O–H groups in total. The van der Waals surface area contributed by atoms with Crippen molar-refractivity contribution in [3.05, 3.63) is 27.4 Å². The van der Waals surface area contributed by atoms with Gasteiger partial charge in [0.05, 0.1) is 9.92 Å². The Kier molecular flexibility index (Phi) is 4.07. The Morgan fingerprint density at radius 1 is 1.46 bits per heavy atom. The Balaban J connectivity index is 3.10. The molecule has 0 nitrogen and oxygen atoms in total. The van der Waals surface area contributed by atoms with Gasteiger partial charge in [0.15, 0.2) is 0 Å². The molecule has 0 aromatic heterocycles. The van der Waals surface area contributed by atoms with Crippen LogP contribution in [0.5, 0.6) is 0 Å². The summed E-state index contributed by atoms with van der Waals surface area (Å²) in [7, 11) is 0. The summed E-state index contributed by atoms with van der Waals surface area (Å²) in [6.07, 6.45) is 0. The Labute approximate surface area is 95.0 Å². The van der Waals surface area contributed by atoms with Gasteiger partial charge in [-0.15, -0.1) is 11.8 Å². The van der Waals surface area contributed by atoms with E-state index in [1.54, 1.807) is 6.07 Å². The number of halogens is 3. The molecular weight excluding hydrogens is 275 g/mol. The van der Waals surface area contributed by atoms with E-state index in [0.717, 1.165) is 4.47 Å². The summed E-state index contributed by atoms with van der Waals surface area (Å²) >= 11 is 10.6. The van der Waals surface area contributed by atoms with Crippen LogP contribution in [0, 0.1) is 5.82 Å². The Bertz CT molecular complexity index is 315. The first-order valence-electron chi connectivity index (χ1n) is 3.82. The highest BCUT2D eigenvalue weighted by atomic mass is 79.9. The van der Waals surface area contributed by atoms with E-state index in [1.165, 1.54) is 17.8 Å². The van der Waals surface area contributed by atoms with Crippen LogP contribution in [0.25, 0.3) is 0 Å². The van der Waals surface area contributed by atoms with Gasteiger partial charge in [0.25, 0.3) is 0 Å². The molecule has 1 rings (SSSR count). The number of rotatable bonds is 2. The maximum Gasteiger partial charge on any atom is 0.138 e. The molecule has 0 radical (unpaired) electrons. The monoisotopic (exact) mass is 282 g/mol. The lowest BCUT2D eigenvalue weighted by Crippen LogP contribution is -1.90. The second-order valence-electron chi connectivity index (χ2n) is 2.84. The number of thioether (sulfide) groups is 1. The van der Waals surface area contributed by atoms with Crippen LogP contribution in [0.2, 0.25) is 5.02 Å². The molecule has 0 aliphatic carbocycles. The fourth-order valence-corrected chi connectivity index (χ4v) is 2.47. The molecule has 0 unspecified atom stereocenters. The summed E-state index contributed by atoms with van der Waals surface area (Å²) in [4.78, 5) is 0.519. The second kappa shape index (κ2) is 4.67. The molecule has 0 aliphatic rings. The van der Waals surface area contributed by atoms with E-state index in [2.05, 4.69) is 15.9 Å². The van der Waals surface area contributed by atoms with Gasteiger partial charge in [0.2, 0.25) is 0 Å². The fraction of sp³-hybridized carbons (Fsp3) is 0.333. The normalized spacial score (nSPS) is 10.9. The van der Waals surface area contributed by atoms with E-state index in [0.29, 0.717) is 15.2 Å². The van der Waals surface area contributed by atoms with E-state index < -0.39 is 0 Å². The van der Waals surface area contributed by atoms with E-state index in [4.69, 9.17) is 11.6 Å². The van der Waals surface area contributed by atoms with Crippen molar-refractivity contribution in [2.24, 2.45) is 0 Å². The minimum Gasteiger partial charge on any atom is -0.206 e. The highest BCUT2D eigenvalue weighted by Gasteiger charge is 2.12. The average molecular weight is 284 g/mol. The first-order valence-corrected chi connectivity index (χ1v) is 5.87. The summed E-state index contributed by atoms with van der Waals surface area (Å²) in [5, 5.41) is 0.778. The second-order valence-corrected chi connectivity index (χ2v) is 5.66. The zero-order valence-corrected chi connectivity index (χ0v) is 10.4. The average Bonchev–Trinajstić information content (AvgIpc) is 2.05. The number of hydrogen-bond acceptors (Lipinski definition) is 1. The number of hydrogen-bond donors (Lipinski definition) is 0. The van der Waals surface area contributed by atoms with E-state index in [9.17, 15) is 4.39 Å². The highest BCUT2D eigenvalue weighted by molar-refractivity contribution is 9.10. The molecule has 0 fully saturated rings. The summed E-state index contributed by atoms with van der Waals surface area (Å²) in [6.45, 7) is 4.00. The lowest BCUT2D eigenvalue weighted by molar-refractivity contribution is 0.601. The molecule has 0 bridgehead atoms. The van der Waals surface area contributed by atoms with Crippen LogP contribution in [0.1, 0.15) is 13.8 Å². The van der Waals surface area contributed by atoms with Crippen LogP contribution in [0.4, 0.5) is 4.39 Å². The predicted octanol–water partition coefficient (Wildman–Crippen LogP) is 4.74. The maximum absolute atomic E-state index is 13.3. The van der Waals surface area contributed by atoms with Crippen LogP contribution < -0.4 is 0 Å². The van der Waals surface area contributed by atoms with Gasteiger partial charge in [-0.1, -0.05) is 25.4 Å². The quantitative estimate of drug-likeness (QED) is 0.558. The summed E-state index contributed by atoms with van der Waals surface area (Å²) < 4.78 is 14.0. The molecule has 1 aromatic rings. The predicted molar refractivity (Wildman–Crippen MR) is 60.1 cm³/mol. The molecule has 0 saturated heterocycles. The zero-order valence-electron chi connectivity index (χ0n) is 7.27. The minimum absolute atomic E-state index is 0.257. The molecule has 1 aromatic carbocycles. The molecule has 13 heavy (non-hydrogen) atoms. The first-order chi connectivity index (χ1) is 6.02. The Hall–Kier alpha value is 0.270. The summed E-state index contributed by atoms with van der Waals surface area (Å²) in [6, 6.07) is 3.03. The van der Waals surface area contributed by atoms with Crippen LogP contribution in [-0.2, 0) is 0 Å². The van der Waals surface area contributed by atoms with Crippen molar-refractivity contribution in [2.75, 3.05) is 0 Å². The third-order valence-corrected chi connectivity index (χ3v) is 3.86. The molecule has 0 saturated carbocycles. The van der Waals surface area contributed by atoms with Crippen molar-refractivity contribution in [3.63, 3.8) is 0 Å². The van der Waals surface area contributed by atoms with Gasteiger partial charge < -0.3 is 0 Å². The van der Waals surface area contributed by atoms with E-state index >= 15 is 0 Å². The van der Waals surface area contributed by atoms with Crippen LogP contribution in [0.15, 0.2) is 21.5 Å². The first kappa shape index (κ1) is 11.3. The standard InChI is InChI=1S/C9H9BrClFS/c1-5(2)13-9-7(12)4-3-6(10)8(9)11/h3-5H,1-2H3. The molecule has 0 heterocycles. The van der Waals surface area contributed by atoms with Crippen molar-refractivity contribution in [1.29, 1.82) is 0 Å². The maximum atomic E-state index is 13.3. The lowest BCUT2D eigenvalue weighted by atomic mass is 10.3. The molecule has 0 spiro atoms. The van der Waals surface area contributed by atoms with Crippen molar-refractivity contribution in [2.45, 2.75) is 24.0 Å². The van der Waals surface area contributed by atoms with Crippen LogP contribution in [0.3, 0.4) is 0 Å². The van der Waals surface area contributed by atoms with Gasteiger partial charge in [-0.25, -0.2) is 4.39 Å². The molecule has 4 heteroatoms. The van der Waals surface area contributed by atoms with Crippen molar-refractivity contribution in [1.82, 2.24) is 0 Å². The third-order valence-electron chi connectivity index (χ3n) is 1.36. The zero-order chi connectivity index (χ0) is 10.0. The van der Waals surface area contributed by atoms with Gasteiger partial charge in [-0.05, 0) is 28.1 Å². The van der Waals surface area contributed by atoms with Crippen molar-refractivity contribution >= 4 is 39.3 Å². The molecule has 0 amide bonds. The SMILES string of the molecule is CC(C)Sc1c(F)ccc(Br)c1Cl. The lowest BCUT2D eigenvalue weighted by Gasteiger charge is -2.09. The topological polar surface area (TPSA) is 0 Å². The molecule has 0 aliphatic heterocycles. The fourth-order valence-electron chi connectivity index (χ4n) is 0.852. The van der Waals surface area contributed by atoms with Gasteiger partial charge >= 0.3 is 0 Å². The largest absolute Gasteiger partial charge is 0.206 e. The Morgan fingerprint density at radius 3 is 2.62 bits per heavy atom. The van der Waals surface area contributed by atoms with Gasteiger partial charge in [0.1, 0.15) is 5.82 Å². The molecule has 0 atom stereocenters. The van der Waals surface area contributed by atoms with Crippen LogP contribution >= 0.6 is 39.3 Å². The van der Waals surface area contributed by atoms with Crippen molar-refractivity contribution < 1.29 is 4.39 Å². The van der Waals surface area contributed by atoms with E-state index in [-0.39, 0.29) is 5.82 Å². The Morgan fingerprint density at radius 2 is 2.08 bits per heavy atom. The smallest absolute Gasteiger partial charge is 0.138 e. The minimum atomic E-state index is -0.257. The third kappa shape index (κ3) is 2.86. The van der Waals surface area contributed by atoms with Crippen molar-refractivity contribution in [3.8, 4) is 0 Å².